The fourth-order valence-electron chi connectivity index (χ4n) is 2.86. The number of carboxylic acid groups (broad SMARTS) is 1. The fraction of sp³-hybridized carbons (Fsp3) is 0.696. The van der Waals surface area contributed by atoms with E-state index in [0.717, 1.165) is 0 Å². The van der Waals surface area contributed by atoms with Gasteiger partial charge in [0, 0.05) is 0 Å². The van der Waals surface area contributed by atoms with Gasteiger partial charge in [0.15, 0.2) is 0 Å². The Bertz CT molecular complexity index is 392. The van der Waals surface area contributed by atoms with Crippen LogP contribution >= 0.6 is 0 Å². The molecule has 26 heavy (non-hydrogen) atoms. The van der Waals surface area contributed by atoms with Gasteiger partial charge in [-0.15, -0.1) is 0 Å². The summed E-state index contributed by atoms with van der Waals surface area (Å²) in [7, 11) is 0. The van der Waals surface area contributed by atoms with Crippen LogP contribution in [0.2, 0.25) is 0 Å². The molecular formula is C23H41NO2. The molecule has 3 heteroatoms. The molecule has 0 bridgehead atoms. The Kier molecular flexibility index (Phi) is 18.9. The van der Waals surface area contributed by atoms with Crippen molar-refractivity contribution in [1.29, 1.82) is 0 Å². The van der Waals surface area contributed by atoms with Crippen LogP contribution in [-0.4, -0.2) is 19.1 Å². The Morgan fingerprint density at radius 3 is 1.54 bits per heavy atom. The van der Waals surface area contributed by atoms with E-state index in [1.54, 1.807) is 18.2 Å². The maximum absolute atomic E-state index is 10.1. The summed E-state index contributed by atoms with van der Waals surface area (Å²) in [6.07, 6.45) is 17.2. The number of benzene rings is 1. The zero-order chi connectivity index (χ0) is 19.3. The van der Waals surface area contributed by atoms with Crippen LogP contribution in [0.3, 0.4) is 0 Å². The molecule has 0 fully saturated rings. The van der Waals surface area contributed by atoms with E-state index in [1.807, 2.05) is 0 Å². The molecular weight excluding hydrogens is 322 g/mol. The molecule has 0 saturated carbocycles. The van der Waals surface area contributed by atoms with E-state index in [0.29, 0.717) is 0 Å². The molecule has 1 aromatic rings. The summed E-state index contributed by atoms with van der Waals surface area (Å²) >= 11 is 0. The lowest BCUT2D eigenvalue weighted by atomic mass is 10.1. The number of carboxylic acids is 1. The van der Waals surface area contributed by atoms with E-state index in [2.05, 4.69) is 19.2 Å². The second-order valence-corrected chi connectivity index (χ2v) is 7.06. The molecule has 0 amide bonds. The lowest BCUT2D eigenvalue weighted by Crippen LogP contribution is -2.84. The number of hydrogen-bond donors (Lipinski definition) is 1. The maximum atomic E-state index is 10.1. The Labute approximate surface area is 161 Å². The van der Waals surface area contributed by atoms with Gasteiger partial charge in [0.05, 0.1) is 19.1 Å². The SMILES string of the molecule is CCCCCCCC[NH2+]CCCCCCCC.O=C([O-])c1ccccc1. The lowest BCUT2D eigenvalue weighted by molar-refractivity contribution is -0.655. The van der Waals surface area contributed by atoms with Crippen molar-refractivity contribution in [2.45, 2.75) is 90.9 Å². The number of aromatic carboxylic acids is 1. The molecule has 0 spiro atoms. The Hall–Kier alpha value is -1.35. The molecule has 1 aromatic carbocycles. The largest absolute Gasteiger partial charge is 0.545 e. The molecule has 0 aliphatic heterocycles. The summed E-state index contributed by atoms with van der Waals surface area (Å²) in [5, 5.41) is 12.6. The molecule has 150 valence electrons. The van der Waals surface area contributed by atoms with Crippen molar-refractivity contribution in [3.05, 3.63) is 35.9 Å². The summed E-state index contributed by atoms with van der Waals surface area (Å²) in [6, 6.07) is 8.06. The molecule has 0 unspecified atom stereocenters. The third-order valence-electron chi connectivity index (χ3n) is 4.53. The van der Waals surface area contributed by atoms with Gasteiger partial charge < -0.3 is 15.2 Å². The van der Waals surface area contributed by atoms with Gasteiger partial charge in [0.2, 0.25) is 0 Å². The summed E-state index contributed by atoms with van der Waals surface area (Å²) < 4.78 is 0. The van der Waals surface area contributed by atoms with E-state index in [9.17, 15) is 9.90 Å². The first kappa shape index (κ1) is 24.7. The number of unbranched alkanes of at least 4 members (excludes halogenated alkanes) is 10. The van der Waals surface area contributed by atoms with Gasteiger partial charge in [-0.05, 0) is 31.2 Å². The van der Waals surface area contributed by atoms with Gasteiger partial charge in [-0.3, -0.25) is 0 Å². The number of nitrogens with two attached hydrogens (primary N) is 1. The highest BCUT2D eigenvalue weighted by atomic mass is 16.4. The van der Waals surface area contributed by atoms with Crippen LogP contribution < -0.4 is 10.4 Å². The van der Waals surface area contributed by atoms with Crippen LogP contribution in [0.15, 0.2) is 30.3 Å². The molecule has 0 aromatic heterocycles. The van der Waals surface area contributed by atoms with Crippen molar-refractivity contribution in [1.82, 2.24) is 0 Å². The van der Waals surface area contributed by atoms with Crippen LogP contribution in [0, 0.1) is 0 Å². The molecule has 0 aliphatic rings. The van der Waals surface area contributed by atoms with Crippen molar-refractivity contribution < 1.29 is 15.2 Å². The quantitative estimate of drug-likeness (QED) is 0.472. The highest BCUT2D eigenvalue weighted by Gasteiger charge is 1.94. The Balaban J connectivity index is 0.000000577. The second kappa shape index (κ2) is 20.0. The van der Waals surface area contributed by atoms with E-state index in [1.165, 1.54) is 102 Å². The van der Waals surface area contributed by atoms with Gasteiger partial charge in [0.25, 0.3) is 0 Å². The Morgan fingerprint density at radius 2 is 1.15 bits per heavy atom. The van der Waals surface area contributed by atoms with Crippen LogP contribution in [0.1, 0.15) is 101 Å². The first-order valence-corrected chi connectivity index (χ1v) is 10.8. The standard InChI is InChI=1S/C16H35N.C7H6O2/c1-3-5-7-9-11-13-15-17-16-14-12-10-8-6-4-2;8-7(9)6-4-2-1-3-5-6/h17H,3-16H2,1-2H3;1-5H,(H,8,9). The number of carbonyl (C=O) groups excluding carboxylic acids is 1. The lowest BCUT2D eigenvalue weighted by Gasteiger charge is -2.02. The molecule has 1 rings (SSSR count). The topological polar surface area (TPSA) is 56.7 Å². The molecule has 0 aliphatic carbocycles. The monoisotopic (exact) mass is 363 g/mol. The van der Waals surface area contributed by atoms with Crippen molar-refractivity contribution in [3.63, 3.8) is 0 Å². The van der Waals surface area contributed by atoms with Gasteiger partial charge >= 0.3 is 0 Å². The smallest absolute Gasteiger partial charge is 0.0755 e. The highest BCUT2D eigenvalue weighted by molar-refractivity contribution is 5.85. The van der Waals surface area contributed by atoms with Gasteiger partial charge in [-0.1, -0.05) is 95.5 Å². The van der Waals surface area contributed by atoms with Crippen LogP contribution in [0.4, 0.5) is 0 Å². The van der Waals surface area contributed by atoms with Crippen molar-refractivity contribution in [2.24, 2.45) is 0 Å². The van der Waals surface area contributed by atoms with E-state index in [4.69, 9.17) is 0 Å². The number of quaternary nitrogens is 1. The number of hydrogen-bond acceptors (Lipinski definition) is 2. The molecule has 0 atom stereocenters. The van der Waals surface area contributed by atoms with Crippen molar-refractivity contribution >= 4 is 5.97 Å². The van der Waals surface area contributed by atoms with E-state index >= 15 is 0 Å². The summed E-state index contributed by atoms with van der Waals surface area (Å²) in [5.74, 6) is -1.13. The van der Waals surface area contributed by atoms with Crippen molar-refractivity contribution in [2.75, 3.05) is 13.1 Å². The average molecular weight is 364 g/mol. The minimum absolute atomic E-state index is 0.220. The van der Waals surface area contributed by atoms with Crippen LogP contribution in [0.25, 0.3) is 0 Å². The fourth-order valence-corrected chi connectivity index (χ4v) is 2.86. The molecule has 0 radical (unpaired) electrons. The Morgan fingerprint density at radius 1 is 0.731 bits per heavy atom. The zero-order valence-corrected chi connectivity index (χ0v) is 17.2. The first-order valence-electron chi connectivity index (χ1n) is 10.8. The second-order valence-electron chi connectivity index (χ2n) is 7.06. The number of rotatable bonds is 15. The minimum atomic E-state index is -1.13. The van der Waals surface area contributed by atoms with E-state index < -0.39 is 5.97 Å². The molecule has 0 saturated heterocycles. The molecule has 2 N–H and O–H groups in total. The predicted molar refractivity (Wildman–Crippen MR) is 109 cm³/mol. The third kappa shape index (κ3) is 17.5. The normalized spacial score (nSPS) is 10.2. The third-order valence-corrected chi connectivity index (χ3v) is 4.53. The van der Waals surface area contributed by atoms with Gasteiger partial charge in [-0.2, -0.15) is 0 Å². The molecule has 0 heterocycles. The summed E-state index contributed by atoms with van der Waals surface area (Å²) in [6.45, 7) is 7.30. The van der Waals surface area contributed by atoms with Crippen LogP contribution in [0.5, 0.6) is 0 Å². The van der Waals surface area contributed by atoms with Gasteiger partial charge in [-0.25, -0.2) is 0 Å². The van der Waals surface area contributed by atoms with Crippen molar-refractivity contribution in [3.8, 4) is 0 Å². The highest BCUT2D eigenvalue weighted by Crippen LogP contribution is 2.04. The van der Waals surface area contributed by atoms with Crippen LogP contribution in [-0.2, 0) is 0 Å². The summed E-state index contributed by atoms with van der Waals surface area (Å²) in [4.78, 5) is 10.1. The molecule has 3 nitrogen and oxygen atoms in total. The zero-order valence-electron chi connectivity index (χ0n) is 17.2. The average Bonchev–Trinajstić information content (AvgIpc) is 2.67. The van der Waals surface area contributed by atoms with E-state index in [-0.39, 0.29) is 5.56 Å². The van der Waals surface area contributed by atoms with Gasteiger partial charge in [0.1, 0.15) is 0 Å². The first-order chi connectivity index (χ1) is 12.7. The predicted octanol–water partition coefficient (Wildman–Crippen LogP) is 4.32. The minimum Gasteiger partial charge on any atom is -0.545 e. The number of carbonyl (C=O) groups is 1. The maximum Gasteiger partial charge on any atom is 0.0755 e. The summed E-state index contributed by atoms with van der Waals surface area (Å²) in [5.41, 5.74) is 0.220.